The SMILES string of the molecule is Cc1cccc(OCCCOc2ccc(-c3ccccc3CCC(=O)OC(C)(C)C)cc2)c1. The van der Waals surface area contributed by atoms with Crippen molar-refractivity contribution in [2.75, 3.05) is 13.2 Å². The summed E-state index contributed by atoms with van der Waals surface area (Å²) < 4.78 is 17.1. The number of hydrogen-bond donors (Lipinski definition) is 0. The molecule has 3 rings (SSSR count). The summed E-state index contributed by atoms with van der Waals surface area (Å²) in [5, 5.41) is 0. The van der Waals surface area contributed by atoms with Gasteiger partial charge in [-0.25, -0.2) is 0 Å². The minimum absolute atomic E-state index is 0.174. The summed E-state index contributed by atoms with van der Waals surface area (Å²) in [6.45, 7) is 8.93. The van der Waals surface area contributed by atoms with Crippen molar-refractivity contribution in [1.82, 2.24) is 0 Å². The molecule has 0 fully saturated rings. The topological polar surface area (TPSA) is 44.8 Å². The highest BCUT2D eigenvalue weighted by molar-refractivity contribution is 5.72. The molecule has 0 aromatic heterocycles. The fraction of sp³-hybridized carbons (Fsp3) is 0.345. The Labute approximate surface area is 197 Å². The molecule has 174 valence electrons. The summed E-state index contributed by atoms with van der Waals surface area (Å²) in [4.78, 5) is 12.1. The maximum absolute atomic E-state index is 12.1. The van der Waals surface area contributed by atoms with E-state index in [0.717, 1.165) is 34.6 Å². The normalized spacial score (nSPS) is 11.2. The molecule has 0 heterocycles. The van der Waals surface area contributed by atoms with E-state index in [1.54, 1.807) is 0 Å². The lowest BCUT2D eigenvalue weighted by Gasteiger charge is -2.19. The second-order valence-electron chi connectivity index (χ2n) is 9.13. The average Bonchev–Trinajstić information content (AvgIpc) is 2.77. The van der Waals surface area contributed by atoms with Crippen LogP contribution in [0, 0.1) is 6.92 Å². The Kier molecular flexibility index (Phi) is 8.53. The van der Waals surface area contributed by atoms with E-state index >= 15 is 0 Å². The molecule has 3 aromatic carbocycles. The van der Waals surface area contributed by atoms with E-state index in [1.807, 2.05) is 63.2 Å². The Morgan fingerprint density at radius 1 is 0.818 bits per heavy atom. The van der Waals surface area contributed by atoms with Gasteiger partial charge in [0.15, 0.2) is 0 Å². The fourth-order valence-electron chi connectivity index (χ4n) is 3.52. The fourth-order valence-corrected chi connectivity index (χ4v) is 3.52. The highest BCUT2D eigenvalue weighted by atomic mass is 16.6. The molecule has 0 N–H and O–H groups in total. The van der Waals surface area contributed by atoms with Crippen molar-refractivity contribution in [3.63, 3.8) is 0 Å². The van der Waals surface area contributed by atoms with Gasteiger partial charge in [0.05, 0.1) is 13.2 Å². The van der Waals surface area contributed by atoms with Gasteiger partial charge in [0.2, 0.25) is 0 Å². The molecule has 0 saturated heterocycles. The Morgan fingerprint density at radius 3 is 2.21 bits per heavy atom. The number of carbonyl (C=O) groups excluding carboxylic acids is 1. The first-order chi connectivity index (χ1) is 15.8. The maximum atomic E-state index is 12.1. The van der Waals surface area contributed by atoms with Crippen molar-refractivity contribution in [3.8, 4) is 22.6 Å². The quantitative estimate of drug-likeness (QED) is 0.254. The molecule has 4 heteroatoms. The van der Waals surface area contributed by atoms with E-state index in [1.165, 1.54) is 5.56 Å². The van der Waals surface area contributed by atoms with E-state index in [-0.39, 0.29) is 5.97 Å². The maximum Gasteiger partial charge on any atom is 0.306 e. The lowest BCUT2D eigenvalue weighted by molar-refractivity contribution is -0.154. The zero-order valence-corrected chi connectivity index (χ0v) is 20.1. The number of hydrogen-bond acceptors (Lipinski definition) is 4. The standard InChI is InChI=1S/C29H34O4/c1-22-9-7-11-26(21-22)32-20-8-19-31-25-16-13-24(14-17-25)27-12-6-5-10-23(27)15-18-28(30)33-29(2,3)4/h5-7,9-14,16-17,21H,8,15,18-20H2,1-4H3. The number of benzene rings is 3. The largest absolute Gasteiger partial charge is 0.493 e. The second kappa shape index (κ2) is 11.6. The minimum Gasteiger partial charge on any atom is -0.493 e. The molecule has 33 heavy (non-hydrogen) atoms. The molecule has 0 aliphatic rings. The van der Waals surface area contributed by atoms with Gasteiger partial charge in [-0.2, -0.15) is 0 Å². The third kappa shape index (κ3) is 8.30. The zero-order chi connectivity index (χ0) is 23.7. The predicted molar refractivity (Wildman–Crippen MR) is 133 cm³/mol. The first-order valence-corrected chi connectivity index (χ1v) is 11.5. The lowest BCUT2D eigenvalue weighted by Crippen LogP contribution is -2.24. The van der Waals surface area contributed by atoms with Crippen LogP contribution in [0.25, 0.3) is 11.1 Å². The monoisotopic (exact) mass is 446 g/mol. The van der Waals surface area contributed by atoms with E-state index in [9.17, 15) is 4.79 Å². The van der Waals surface area contributed by atoms with Crippen molar-refractivity contribution in [2.45, 2.75) is 52.6 Å². The van der Waals surface area contributed by atoms with Crippen LogP contribution in [0.15, 0.2) is 72.8 Å². The third-order valence-corrected chi connectivity index (χ3v) is 5.02. The van der Waals surface area contributed by atoms with Crippen LogP contribution in [0.4, 0.5) is 0 Å². The minimum atomic E-state index is -0.459. The molecule has 0 radical (unpaired) electrons. The Morgan fingerprint density at radius 2 is 1.52 bits per heavy atom. The molecule has 0 atom stereocenters. The van der Waals surface area contributed by atoms with E-state index in [2.05, 4.69) is 37.3 Å². The van der Waals surface area contributed by atoms with Crippen LogP contribution >= 0.6 is 0 Å². The van der Waals surface area contributed by atoms with Gasteiger partial charge in [-0.1, -0.05) is 48.5 Å². The van der Waals surface area contributed by atoms with Gasteiger partial charge in [-0.05, 0) is 80.6 Å². The van der Waals surface area contributed by atoms with Crippen molar-refractivity contribution >= 4 is 5.97 Å². The molecule has 0 amide bonds. The van der Waals surface area contributed by atoms with Crippen LogP contribution in [0.1, 0.15) is 44.7 Å². The molecule has 0 spiro atoms. The average molecular weight is 447 g/mol. The van der Waals surface area contributed by atoms with Crippen molar-refractivity contribution in [3.05, 3.63) is 83.9 Å². The summed E-state index contributed by atoms with van der Waals surface area (Å²) in [5.41, 5.74) is 4.09. The van der Waals surface area contributed by atoms with Gasteiger partial charge < -0.3 is 14.2 Å². The molecular formula is C29H34O4. The number of aryl methyl sites for hydroxylation is 2. The smallest absolute Gasteiger partial charge is 0.306 e. The van der Waals surface area contributed by atoms with Crippen LogP contribution in [0.3, 0.4) is 0 Å². The summed E-state index contributed by atoms with van der Waals surface area (Å²) in [6, 6.07) is 24.3. The van der Waals surface area contributed by atoms with Gasteiger partial charge in [0, 0.05) is 12.8 Å². The van der Waals surface area contributed by atoms with Crippen LogP contribution in [0.2, 0.25) is 0 Å². The van der Waals surface area contributed by atoms with Gasteiger partial charge in [0.25, 0.3) is 0 Å². The van der Waals surface area contributed by atoms with Crippen molar-refractivity contribution in [1.29, 1.82) is 0 Å². The number of rotatable bonds is 10. The van der Waals surface area contributed by atoms with Crippen LogP contribution < -0.4 is 9.47 Å². The third-order valence-electron chi connectivity index (χ3n) is 5.02. The van der Waals surface area contributed by atoms with Crippen molar-refractivity contribution in [2.24, 2.45) is 0 Å². The van der Waals surface area contributed by atoms with E-state index < -0.39 is 5.60 Å². The number of esters is 1. The zero-order valence-electron chi connectivity index (χ0n) is 20.1. The highest BCUT2D eigenvalue weighted by Gasteiger charge is 2.16. The first kappa shape index (κ1) is 24.4. The molecule has 3 aromatic rings. The highest BCUT2D eigenvalue weighted by Crippen LogP contribution is 2.27. The summed E-state index contributed by atoms with van der Waals surface area (Å²) in [5.74, 6) is 1.55. The molecule has 0 bridgehead atoms. The summed E-state index contributed by atoms with van der Waals surface area (Å²) in [7, 11) is 0. The van der Waals surface area contributed by atoms with E-state index in [4.69, 9.17) is 14.2 Å². The number of carbonyl (C=O) groups is 1. The molecule has 0 unspecified atom stereocenters. The van der Waals surface area contributed by atoms with E-state index in [0.29, 0.717) is 26.1 Å². The first-order valence-electron chi connectivity index (χ1n) is 11.5. The van der Waals surface area contributed by atoms with Crippen LogP contribution in [-0.4, -0.2) is 24.8 Å². The molecule has 0 aliphatic carbocycles. The Balaban J connectivity index is 1.50. The van der Waals surface area contributed by atoms with Crippen molar-refractivity contribution < 1.29 is 19.0 Å². The van der Waals surface area contributed by atoms with Gasteiger partial charge in [0.1, 0.15) is 17.1 Å². The van der Waals surface area contributed by atoms with Gasteiger partial charge >= 0.3 is 5.97 Å². The number of ether oxygens (including phenoxy) is 3. The summed E-state index contributed by atoms with van der Waals surface area (Å²) in [6.07, 6.45) is 1.81. The van der Waals surface area contributed by atoms with Crippen LogP contribution in [0.5, 0.6) is 11.5 Å². The second-order valence-corrected chi connectivity index (χ2v) is 9.13. The summed E-state index contributed by atoms with van der Waals surface area (Å²) >= 11 is 0. The predicted octanol–water partition coefficient (Wildman–Crippen LogP) is 6.78. The Hall–Kier alpha value is -3.27. The Bertz CT molecular complexity index is 1030. The lowest BCUT2D eigenvalue weighted by atomic mass is 9.96. The van der Waals surface area contributed by atoms with Gasteiger partial charge in [-0.15, -0.1) is 0 Å². The van der Waals surface area contributed by atoms with Crippen LogP contribution in [-0.2, 0) is 16.0 Å². The van der Waals surface area contributed by atoms with Gasteiger partial charge in [-0.3, -0.25) is 4.79 Å². The molecule has 0 aliphatic heterocycles. The molecule has 4 nitrogen and oxygen atoms in total. The molecule has 0 saturated carbocycles. The molecular weight excluding hydrogens is 412 g/mol.